The van der Waals surface area contributed by atoms with Crippen molar-refractivity contribution in [2.45, 2.75) is 45.1 Å². The molecule has 0 radical (unpaired) electrons. The minimum atomic E-state index is -0.962. The fourth-order valence-electron chi connectivity index (χ4n) is 5.10. The maximum absolute atomic E-state index is 14.5. The van der Waals surface area contributed by atoms with Crippen LogP contribution in [-0.2, 0) is 17.8 Å². The van der Waals surface area contributed by atoms with Gasteiger partial charge in [0.15, 0.2) is 23.4 Å². The minimum Gasteiger partial charge on any atom is -0.479 e. The minimum absolute atomic E-state index is 0.0426. The summed E-state index contributed by atoms with van der Waals surface area (Å²) in [4.78, 5) is 54.3. The molecule has 3 amide bonds. The Morgan fingerprint density at radius 1 is 1.17 bits per heavy atom. The van der Waals surface area contributed by atoms with E-state index in [9.17, 15) is 28.7 Å². The molecule has 1 aliphatic carbocycles. The van der Waals surface area contributed by atoms with Gasteiger partial charge < -0.3 is 25.8 Å². The smallest absolute Gasteiger partial charge is 0.270 e. The van der Waals surface area contributed by atoms with Crippen molar-refractivity contribution < 1.29 is 33.4 Å². The first-order valence-electron chi connectivity index (χ1n) is 13.1. The van der Waals surface area contributed by atoms with Crippen molar-refractivity contribution in [1.82, 2.24) is 25.2 Å². The summed E-state index contributed by atoms with van der Waals surface area (Å²) in [6, 6.07) is 10.4. The van der Waals surface area contributed by atoms with Crippen LogP contribution in [0.2, 0.25) is 0 Å². The van der Waals surface area contributed by atoms with E-state index in [1.165, 1.54) is 13.0 Å². The lowest BCUT2D eigenvalue weighted by molar-refractivity contribution is -0.122. The predicted octanol–water partition coefficient (Wildman–Crippen LogP) is 2.11. The Labute approximate surface area is 237 Å². The van der Waals surface area contributed by atoms with Crippen LogP contribution in [0.5, 0.6) is 5.75 Å². The van der Waals surface area contributed by atoms with Gasteiger partial charge in [0.2, 0.25) is 0 Å². The maximum Gasteiger partial charge on any atom is 0.270 e. The molecule has 3 heterocycles. The fourth-order valence-corrected chi connectivity index (χ4v) is 5.10. The van der Waals surface area contributed by atoms with Gasteiger partial charge in [0.1, 0.15) is 17.1 Å². The fraction of sp³-hybridized carbons (Fsp3) is 0.241. The van der Waals surface area contributed by atoms with Gasteiger partial charge in [0.05, 0.1) is 24.0 Å². The van der Waals surface area contributed by atoms with Gasteiger partial charge in [-0.1, -0.05) is 18.2 Å². The summed E-state index contributed by atoms with van der Waals surface area (Å²) in [6.45, 7) is 3.12. The van der Waals surface area contributed by atoms with E-state index in [1.807, 2.05) is 0 Å². The number of benzene rings is 2. The molecule has 12 nitrogen and oxygen atoms in total. The molecule has 0 bridgehead atoms. The number of amides is 3. The van der Waals surface area contributed by atoms with Crippen molar-refractivity contribution in [3.63, 3.8) is 0 Å². The van der Waals surface area contributed by atoms with Crippen molar-refractivity contribution in [3.05, 3.63) is 88.1 Å². The number of carbonyl (C=O) groups is 4. The quantitative estimate of drug-likeness (QED) is 0.255. The second kappa shape index (κ2) is 10.3. The molecule has 1 aliphatic heterocycles. The lowest BCUT2D eigenvalue weighted by atomic mass is 10.0. The Balaban J connectivity index is 1.23. The number of rotatable bonds is 6. The van der Waals surface area contributed by atoms with Crippen molar-refractivity contribution in [2.24, 2.45) is 0 Å². The highest BCUT2D eigenvalue weighted by atomic mass is 19.1. The van der Waals surface area contributed by atoms with Crippen LogP contribution >= 0.6 is 0 Å². The SMILES string of the molecule is CC(=O)c1ccc2c(c1)C[C@H](O)[C@@H]2NC(=O)c1cc(C(=O)NCc2ccc3c(c2)NC(=O)C(C)O3)nc2c(F)cnn12. The van der Waals surface area contributed by atoms with Gasteiger partial charge in [0.25, 0.3) is 17.7 Å². The predicted molar refractivity (Wildman–Crippen MR) is 146 cm³/mol. The normalized spacial score (nSPS) is 19.0. The molecule has 2 aromatic carbocycles. The molecule has 214 valence electrons. The zero-order valence-corrected chi connectivity index (χ0v) is 22.5. The molecule has 2 aliphatic rings. The van der Waals surface area contributed by atoms with Crippen LogP contribution in [0.15, 0.2) is 48.7 Å². The molecule has 3 atom stereocenters. The van der Waals surface area contributed by atoms with Crippen LogP contribution in [0.3, 0.4) is 0 Å². The summed E-state index contributed by atoms with van der Waals surface area (Å²) < 4.78 is 21.1. The van der Waals surface area contributed by atoms with Gasteiger partial charge in [-0.15, -0.1) is 0 Å². The van der Waals surface area contributed by atoms with Gasteiger partial charge in [0, 0.05) is 24.6 Å². The first-order chi connectivity index (χ1) is 20.1. The standard InChI is InChI=1S/C29H25FN6O6/c1-13(37)16-4-5-18-17(8-16)9-23(38)25(18)35-29(41)22-10-21(33-26-19(30)12-32-36(22)26)28(40)31-11-15-3-6-24-20(7-15)34-27(39)14(2)42-24/h3-8,10,12,14,23,25,38H,9,11H2,1-2H3,(H,31,40)(H,34,39)(H,35,41)/t14?,23-,25+/m0/s1. The van der Waals surface area contributed by atoms with Gasteiger partial charge in [-0.3, -0.25) is 19.2 Å². The van der Waals surface area contributed by atoms with E-state index >= 15 is 0 Å². The lowest BCUT2D eigenvalue weighted by Crippen LogP contribution is -2.35. The average Bonchev–Trinajstić information content (AvgIpc) is 3.49. The third-order valence-corrected chi connectivity index (χ3v) is 7.31. The van der Waals surface area contributed by atoms with E-state index in [-0.39, 0.29) is 41.7 Å². The number of hydrogen-bond acceptors (Lipinski definition) is 8. The number of Topliss-reactive ketones (excluding diaryl/α,β-unsaturated/α-hetero) is 1. The van der Waals surface area contributed by atoms with E-state index < -0.39 is 35.9 Å². The van der Waals surface area contributed by atoms with Crippen molar-refractivity contribution >= 4 is 34.8 Å². The highest BCUT2D eigenvalue weighted by Gasteiger charge is 2.34. The largest absolute Gasteiger partial charge is 0.479 e. The molecule has 2 aromatic heterocycles. The number of halogens is 1. The van der Waals surface area contributed by atoms with Crippen LogP contribution in [0, 0.1) is 5.82 Å². The first kappa shape index (κ1) is 27.0. The van der Waals surface area contributed by atoms with Crippen LogP contribution in [0.1, 0.15) is 67.9 Å². The van der Waals surface area contributed by atoms with Crippen LogP contribution in [0.4, 0.5) is 10.1 Å². The summed E-state index contributed by atoms with van der Waals surface area (Å²) in [5.74, 6) is -2.13. The number of aromatic nitrogens is 3. The van der Waals surface area contributed by atoms with Crippen molar-refractivity contribution in [2.75, 3.05) is 5.32 Å². The monoisotopic (exact) mass is 572 g/mol. The third-order valence-electron chi connectivity index (χ3n) is 7.31. The number of ether oxygens (including phenoxy) is 1. The molecular weight excluding hydrogens is 547 g/mol. The molecule has 42 heavy (non-hydrogen) atoms. The van der Waals surface area contributed by atoms with Gasteiger partial charge in [-0.25, -0.2) is 13.9 Å². The Bertz CT molecular complexity index is 1800. The van der Waals surface area contributed by atoms with Crippen LogP contribution in [0.25, 0.3) is 5.65 Å². The Morgan fingerprint density at radius 3 is 2.76 bits per heavy atom. The molecule has 0 saturated heterocycles. The highest BCUT2D eigenvalue weighted by molar-refractivity contribution is 5.99. The van der Waals surface area contributed by atoms with Crippen molar-refractivity contribution in [3.8, 4) is 5.75 Å². The number of hydrogen-bond donors (Lipinski definition) is 4. The van der Waals surface area contributed by atoms with E-state index in [0.29, 0.717) is 28.1 Å². The molecule has 6 rings (SSSR count). The second-order valence-electron chi connectivity index (χ2n) is 10.2. The van der Waals surface area contributed by atoms with Crippen LogP contribution in [-0.4, -0.2) is 55.4 Å². The highest BCUT2D eigenvalue weighted by Crippen LogP contribution is 2.33. The van der Waals surface area contributed by atoms with E-state index in [4.69, 9.17) is 4.74 Å². The number of anilines is 1. The number of nitrogens with zero attached hydrogens (tertiary/aromatic N) is 3. The zero-order valence-electron chi connectivity index (χ0n) is 22.5. The molecule has 0 fully saturated rings. The van der Waals surface area contributed by atoms with Crippen LogP contribution < -0.4 is 20.7 Å². The number of nitrogens with one attached hydrogen (secondary N) is 3. The second-order valence-corrected chi connectivity index (χ2v) is 10.2. The average molecular weight is 573 g/mol. The number of aliphatic hydroxyl groups is 1. The maximum atomic E-state index is 14.5. The summed E-state index contributed by atoms with van der Waals surface area (Å²) >= 11 is 0. The Kier molecular flexibility index (Phi) is 6.65. The number of aliphatic hydroxyl groups excluding tert-OH is 1. The molecule has 4 aromatic rings. The summed E-state index contributed by atoms with van der Waals surface area (Å²) in [7, 11) is 0. The summed E-state index contributed by atoms with van der Waals surface area (Å²) in [6.07, 6.45) is -0.468. The molecule has 0 spiro atoms. The number of carbonyl (C=O) groups excluding carboxylic acids is 4. The molecule has 1 unspecified atom stereocenters. The summed E-state index contributed by atoms with van der Waals surface area (Å²) in [5.41, 5.74) is 2.27. The third kappa shape index (κ3) is 4.83. The molecule has 0 saturated carbocycles. The van der Waals surface area contributed by atoms with Crippen molar-refractivity contribution in [1.29, 1.82) is 0 Å². The summed E-state index contributed by atoms with van der Waals surface area (Å²) in [5, 5.41) is 22.8. The Hall–Kier alpha value is -5.17. The molecule has 13 heteroatoms. The van der Waals surface area contributed by atoms with E-state index in [1.54, 1.807) is 43.3 Å². The van der Waals surface area contributed by atoms with E-state index in [0.717, 1.165) is 16.3 Å². The first-order valence-corrected chi connectivity index (χ1v) is 13.1. The number of fused-ring (bicyclic) bond motifs is 3. The Morgan fingerprint density at radius 2 is 1.98 bits per heavy atom. The topological polar surface area (TPSA) is 164 Å². The van der Waals surface area contributed by atoms with Gasteiger partial charge >= 0.3 is 0 Å². The number of ketones is 1. The van der Waals surface area contributed by atoms with E-state index in [2.05, 4.69) is 26.0 Å². The van der Waals surface area contributed by atoms with Gasteiger partial charge in [-0.05, 0) is 48.7 Å². The zero-order chi connectivity index (χ0) is 29.7. The lowest BCUT2D eigenvalue weighted by Gasteiger charge is -2.23. The van der Waals surface area contributed by atoms with Gasteiger partial charge in [-0.2, -0.15) is 5.10 Å². The molecular formula is C29H25FN6O6. The molecule has 4 N–H and O–H groups in total.